The summed E-state index contributed by atoms with van der Waals surface area (Å²) in [6, 6.07) is 5.96. The molecule has 0 aromatic heterocycles. The summed E-state index contributed by atoms with van der Waals surface area (Å²) in [6.07, 6.45) is 7.72. The number of hydrogen-bond donors (Lipinski definition) is 4. The molecule has 58 heavy (non-hydrogen) atoms. The molecule has 0 spiro atoms. The summed E-state index contributed by atoms with van der Waals surface area (Å²) in [6.45, 7) is 15.4. The Hall–Kier alpha value is -2.38. The van der Waals surface area contributed by atoms with E-state index in [1.807, 2.05) is 122 Å². The number of aliphatic hydroxyl groups excluding tert-OH is 4. The Balaban J connectivity index is 1.03. The van der Waals surface area contributed by atoms with Gasteiger partial charge in [0.25, 0.3) is 0 Å². The lowest BCUT2D eigenvalue weighted by Gasteiger charge is -2.45. The molecule has 14 nitrogen and oxygen atoms in total. The monoisotopic (exact) mass is 808 g/mol. The summed E-state index contributed by atoms with van der Waals surface area (Å²) in [5, 5.41) is 47.8. The van der Waals surface area contributed by atoms with Gasteiger partial charge in [0.15, 0.2) is 23.1 Å². The lowest BCUT2D eigenvalue weighted by atomic mass is 9.87. The zero-order chi connectivity index (χ0) is 41.1. The number of benzene rings is 1. The van der Waals surface area contributed by atoms with Crippen LogP contribution in [0, 0.1) is 0 Å². The lowest BCUT2D eigenvalue weighted by molar-refractivity contribution is -0.163. The third kappa shape index (κ3) is 7.62. The van der Waals surface area contributed by atoms with Crippen LogP contribution in [0.3, 0.4) is 0 Å². The molecule has 4 fully saturated rings. The van der Waals surface area contributed by atoms with Crippen LogP contribution in [0.1, 0.15) is 66.5 Å². The van der Waals surface area contributed by atoms with Gasteiger partial charge >= 0.3 is 0 Å². The Kier molecular flexibility index (Phi) is 10.3. The first-order valence-electron chi connectivity index (χ1n) is 20.7. The first kappa shape index (κ1) is 41.0. The molecule has 0 radical (unpaired) electrons. The first-order valence-corrected chi connectivity index (χ1v) is 20.7. The molecular weight excluding hydrogens is 748 g/mol. The topological polar surface area (TPSA) is 161 Å². The molecule has 4 N–H and O–H groups in total. The van der Waals surface area contributed by atoms with E-state index in [2.05, 4.69) is 15.9 Å². The van der Waals surface area contributed by atoms with Gasteiger partial charge in [-0.05, 0) is 66.5 Å². The number of hydrogen-bond acceptors (Lipinski definition) is 14. The van der Waals surface area contributed by atoms with Gasteiger partial charge in [0.1, 0.15) is 73.2 Å². The van der Waals surface area contributed by atoms with E-state index in [1.54, 1.807) is 0 Å². The standard InChI is InChI=1S/C44H60N2O12/c1-41(2)51-29-16-12-25(33(47)37(29)55-41)45(26-13-17-30-38(34(26)48)56-42(3,4)52-30)21-23-10-9-11-24(20-23)22-46(27-14-18-31-39(35(27)49)57-43(5,6)53-31)28-15-19-32-40(36(28)50)58-44(7,8)54-32/h9-20,25-40,47-50H,21-22H2,1-8H3/t25-,26-,27-,28-,29+,30+,31+,32+,33+,34+,35+,36+,37+,38+,39+,40+/m0/s1. The maximum atomic E-state index is 11.9. The zero-order valence-corrected chi connectivity index (χ0v) is 34.5. The molecule has 1 aromatic rings. The summed E-state index contributed by atoms with van der Waals surface area (Å²) in [5.74, 6) is -3.43. The molecule has 0 bridgehead atoms. The van der Waals surface area contributed by atoms with Crippen LogP contribution in [-0.2, 0) is 51.0 Å². The number of nitrogens with zero attached hydrogens (tertiary/aromatic N) is 2. The Morgan fingerprint density at radius 3 is 0.931 bits per heavy atom. The van der Waals surface area contributed by atoms with Crippen molar-refractivity contribution in [1.29, 1.82) is 0 Å². The highest BCUT2D eigenvalue weighted by atomic mass is 16.8. The predicted octanol–water partition coefficient (Wildman–Crippen LogP) is 2.57. The van der Waals surface area contributed by atoms with Gasteiger partial charge in [-0.1, -0.05) is 72.9 Å². The van der Waals surface area contributed by atoms with Crippen LogP contribution in [0.4, 0.5) is 0 Å². The Morgan fingerprint density at radius 1 is 0.414 bits per heavy atom. The number of rotatable bonds is 8. The molecule has 1 aromatic carbocycles. The van der Waals surface area contributed by atoms with Gasteiger partial charge < -0.3 is 58.3 Å². The molecule has 318 valence electrons. The third-order valence-electron chi connectivity index (χ3n) is 12.6. The zero-order valence-electron chi connectivity index (χ0n) is 34.5. The molecule has 0 saturated carbocycles. The quantitative estimate of drug-likeness (QED) is 0.284. The molecule has 9 rings (SSSR count). The van der Waals surface area contributed by atoms with Crippen LogP contribution in [0.5, 0.6) is 0 Å². The summed E-state index contributed by atoms with van der Waals surface area (Å²) >= 11 is 0. The minimum Gasteiger partial charge on any atom is -0.388 e. The van der Waals surface area contributed by atoms with Gasteiger partial charge in [-0.2, -0.15) is 0 Å². The van der Waals surface area contributed by atoms with Crippen molar-refractivity contribution in [3.05, 3.63) is 84.0 Å². The second-order valence-corrected chi connectivity index (χ2v) is 18.9. The van der Waals surface area contributed by atoms with Crippen LogP contribution in [0.25, 0.3) is 0 Å². The van der Waals surface area contributed by atoms with Crippen LogP contribution in [0.2, 0.25) is 0 Å². The molecule has 14 heteroatoms. The summed E-state index contributed by atoms with van der Waals surface area (Å²) in [7, 11) is 0. The lowest BCUT2D eigenvalue weighted by Crippen LogP contribution is -2.60. The Labute approximate surface area is 340 Å². The normalized spacial score (nSPS) is 45.1. The van der Waals surface area contributed by atoms with Crippen molar-refractivity contribution in [1.82, 2.24) is 9.80 Å². The van der Waals surface area contributed by atoms with Crippen molar-refractivity contribution in [2.45, 2.75) is 189 Å². The average Bonchev–Trinajstić information content (AvgIpc) is 3.85. The molecule has 4 heterocycles. The van der Waals surface area contributed by atoms with Crippen molar-refractivity contribution < 1.29 is 58.3 Å². The van der Waals surface area contributed by atoms with Gasteiger partial charge in [0.2, 0.25) is 0 Å². The van der Waals surface area contributed by atoms with Gasteiger partial charge in [-0.3, -0.25) is 9.80 Å². The van der Waals surface area contributed by atoms with Gasteiger partial charge in [0.05, 0.1) is 24.2 Å². The SMILES string of the molecule is CC1(C)O[C@H]2[C@H](O)[C@@H](N(Cc3cccc(CN([C@H]4C=C[C@H]5OC(C)(C)O[C@H]5[C@@H]4O)[C@H]4C=C[C@H]5OC(C)(C)O[C@H]5[C@@H]4O)c3)[C@H]3C=C[C@H]4OC(C)(C)O[C@H]4[C@@H]3O)C=C[C@H]2O1. The average molecular weight is 809 g/mol. The van der Waals surface area contributed by atoms with Crippen molar-refractivity contribution >= 4 is 0 Å². The van der Waals surface area contributed by atoms with E-state index in [4.69, 9.17) is 37.9 Å². The van der Waals surface area contributed by atoms with E-state index in [0.29, 0.717) is 13.1 Å². The molecule has 4 saturated heterocycles. The second kappa shape index (κ2) is 14.6. The Bertz CT molecular complexity index is 1600. The van der Waals surface area contributed by atoms with E-state index in [-0.39, 0.29) is 0 Å². The largest absolute Gasteiger partial charge is 0.388 e. The first-order chi connectivity index (χ1) is 27.3. The van der Waals surface area contributed by atoms with E-state index in [0.717, 1.165) is 11.1 Å². The molecule has 4 aliphatic carbocycles. The maximum absolute atomic E-state index is 11.9. The van der Waals surface area contributed by atoms with Crippen LogP contribution in [0.15, 0.2) is 72.9 Å². The summed E-state index contributed by atoms with van der Waals surface area (Å²) < 4.78 is 49.2. The number of aliphatic hydroxyl groups is 4. The number of ether oxygens (including phenoxy) is 8. The fourth-order valence-electron chi connectivity index (χ4n) is 10.3. The van der Waals surface area contributed by atoms with Crippen molar-refractivity contribution in [2.24, 2.45) is 0 Å². The van der Waals surface area contributed by atoms with Crippen molar-refractivity contribution in [3.63, 3.8) is 0 Å². The smallest absolute Gasteiger partial charge is 0.164 e. The summed E-state index contributed by atoms with van der Waals surface area (Å²) in [4.78, 5) is 4.18. The highest BCUT2D eigenvalue weighted by Gasteiger charge is 2.55. The minimum absolute atomic E-state index is 0.348. The second-order valence-electron chi connectivity index (χ2n) is 18.9. The van der Waals surface area contributed by atoms with Crippen LogP contribution in [-0.4, -0.2) is 151 Å². The van der Waals surface area contributed by atoms with E-state index < -0.39 is 121 Å². The van der Waals surface area contributed by atoms with Crippen molar-refractivity contribution in [3.8, 4) is 0 Å². The van der Waals surface area contributed by atoms with Crippen LogP contribution >= 0.6 is 0 Å². The molecule has 0 unspecified atom stereocenters. The molecule has 8 aliphatic rings. The summed E-state index contributed by atoms with van der Waals surface area (Å²) in [5.41, 5.74) is 1.86. The molecule has 0 amide bonds. The highest BCUT2D eigenvalue weighted by molar-refractivity contribution is 5.28. The van der Waals surface area contributed by atoms with E-state index in [9.17, 15) is 20.4 Å². The molecule has 16 atom stereocenters. The van der Waals surface area contributed by atoms with E-state index in [1.165, 1.54) is 0 Å². The Morgan fingerprint density at radius 2 is 0.672 bits per heavy atom. The fraction of sp³-hybridized carbons (Fsp3) is 0.682. The minimum atomic E-state index is -0.962. The maximum Gasteiger partial charge on any atom is 0.164 e. The molecule has 4 aliphatic heterocycles. The van der Waals surface area contributed by atoms with Gasteiger partial charge in [0, 0.05) is 13.1 Å². The van der Waals surface area contributed by atoms with Crippen LogP contribution < -0.4 is 0 Å². The van der Waals surface area contributed by atoms with Crippen molar-refractivity contribution in [2.75, 3.05) is 0 Å². The van der Waals surface area contributed by atoms with E-state index >= 15 is 0 Å². The highest BCUT2D eigenvalue weighted by Crippen LogP contribution is 2.42. The van der Waals surface area contributed by atoms with Gasteiger partial charge in [-0.15, -0.1) is 0 Å². The number of fused-ring (bicyclic) bond motifs is 4. The predicted molar refractivity (Wildman–Crippen MR) is 209 cm³/mol. The third-order valence-corrected chi connectivity index (χ3v) is 12.6. The fourth-order valence-corrected chi connectivity index (χ4v) is 10.3. The van der Waals surface area contributed by atoms with Gasteiger partial charge in [-0.25, -0.2) is 0 Å². The molecular formula is C44H60N2O12.